The summed E-state index contributed by atoms with van der Waals surface area (Å²) in [5.74, 6) is -0.149. The molecule has 0 aliphatic carbocycles. The largest absolute Gasteiger partial charge is 0.321 e. The van der Waals surface area contributed by atoms with Crippen molar-refractivity contribution in [2.75, 3.05) is 5.32 Å². The first-order valence-electron chi connectivity index (χ1n) is 5.97. The van der Waals surface area contributed by atoms with Gasteiger partial charge in [0.25, 0.3) is 5.91 Å². The van der Waals surface area contributed by atoms with Crippen LogP contribution in [0.25, 0.3) is 0 Å². The third kappa shape index (κ3) is 3.20. The Labute approximate surface area is 121 Å². The standard InChI is InChI=1S/C15H15BrN2O/c1-9-4-10(2)14(11(3)5-9)18-15(19)12-6-13(16)8-17-7-12/h4-8H,1-3H3,(H,18,19). The van der Waals surface area contributed by atoms with Crippen molar-refractivity contribution in [1.29, 1.82) is 0 Å². The lowest BCUT2D eigenvalue weighted by Crippen LogP contribution is -2.14. The maximum atomic E-state index is 12.2. The van der Waals surface area contributed by atoms with Crippen molar-refractivity contribution >= 4 is 27.5 Å². The predicted molar refractivity (Wildman–Crippen MR) is 80.5 cm³/mol. The van der Waals surface area contributed by atoms with E-state index in [0.29, 0.717) is 5.56 Å². The van der Waals surface area contributed by atoms with Crippen LogP contribution < -0.4 is 5.32 Å². The third-order valence-electron chi connectivity index (χ3n) is 2.88. The molecule has 0 fully saturated rings. The second kappa shape index (κ2) is 5.53. The molecular formula is C15H15BrN2O. The first-order valence-corrected chi connectivity index (χ1v) is 6.76. The summed E-state index contributed by atoms with van der Waals surface area (Å²) in [7, 11) is 0. The van der Waals surface area contributed by atoms with Gasteiger partial charge in [-0.3, -0.25) is 9.78 Å². The van der Waals surface area contributed by atoms with Crippen molar-refractivity contribution in [2.45, 2.75) is 20.8 Å². The Morgan fingerprint density at radius 2 is 1.74 bits per heavy atom. The van der Waals surface area contributed by atoms with Gasteiger partial charge < -0.3 is 5.32 Å². The number of aryl methyl sites for hydroxylation is 3. The summed E-state index contributed by atoms with van der Waals surface area (Å²) < 4.78 is 0.789. The highest BCUT2D eigenvalue weighted by Crippen LogP contribution is 2.22. The predicted octanol–water partition coefficient (Wildman–Crippen LogP) is 4.02. The number of rotatable bonds is 2. The number of hydrogen-bond donors (Lipinski definition) is 1. The van der Waals surface area contributed by atoms with Crippen molar-refractivity contribution in [3.63, 3.8) is 0 Å². The number of hydrogen-bond acceptors (Lipinski definition) is 2. The van der Waals surface area contributed by atoms with E-state index in [4.69, 9.17) is 0 Å². The Hall–Kier alpha value is -1.68. The van der Waals surface area contributed by atoms with Crippen molar-refractivity contribution in [1.82, 2.24) is 4.98 Å². The molecule has 0 saturated heterocycles. The molecule has 1 aromatic heterocycles. The molecule has 1 heterocycles. The fraction of sp³-hybridized carbons (Fsp3) is 0.200. The van der Waals surface area contributed by atoms with Gasteiger partial charge in [-0.25, -0.2) is 0 Å². The van der Waals surface area contributed by atoms with Gasteiger partial charge in [0.2, 0.25) is 0 Å². The van der Waals surface area contributed by atoms with E-state index in [1.807, 2.05) is 20.8 Å². The fourth-order valence-electron chi connectivity index (χ4n) is 2.10. The van der Waals surface area contributed by atoms with E-state index >= 15 is 0 Å². The number of aromatic nitrogens is 1. The van der Waals surface area contributed by atoms with Crippen LogP contribution in [0.5, 0.6) is 0 Å². The summed E-state index contributed by atoms with van der Waals surface area (Å²) in [6.07, 6.45) is 3.21. The number of anilines is 1. The average Bonchev–Trinajstić information content (AvgIpc) is 2.33. The normalized spacial score (nSPS) is 10.3. The Morgan fingerprint density at radius 3 is 2.32 bits per heavy atom. The van der Waals surface area contributed by atoms with Crippen molar-refractivity contribution in [2.24, 2.45) is 0 Å². The summed E-state index contributed by atoms with van der Waals surface area (Å²) >= 11 is 3.31. The SMILES string of the molecule is Cc1cc(C)c(NC(=O)c2cncc(Br)c2)c(C)c1. The number of halogens is 1. The zero-order chi connectivity index (χ0) is 14.0. The van der Waals surface area contributed by atoms with E-state index in [1.165, 1.54) is 5.56 Å². The van der Waals surface area contributed by atoms with Gasteiger partial charge >= 0.3 is 0 Å². The number of pyridine rings is 1. The first-order chi connectivity index (χ1) is 8.97. The average molecular weight is 319 g/mol. The lowest BCUT2D eigenvalue weighted by atomic mass is 10.0. The third-order valence-corrected chi connectivity index (χ3v) is 3.32. The Kier molecular flexibility index (Phi) is 4.00. The number of benzene rings is 1. The van der Waals surface area contributed by atoms with Crippen LogP contribution in [-0.2, 0) is 0 Å². The molecule has 4 heteroatoms. The van der Waals surface area contributed by atoms with E-state index in [-0.39, 0.29) is 5.91 Å². The quantitative estimate of drug-likeness (QED) is 0.908. The van der Waals surface area contributed by atoms with Crippen LogP contribution in [-0.4, -0.2) is 10.9 Å². The van der Waals surface area contributed by atoms with Crippen LogP contribution in [0.3, 0.4) is 0 Å². The molecule has 0 saturated carbocycles. The molecule has 0 bridgehead atoms. The molecule has 0 radical (unpaired) electrons. The highest BCUT2D eigenvalue weighted by Gasteiger charge is 2.10. The maximum absolute atomic E-state index is 12.2. The molecule has 1 amide bonds. The number of amides is 1. The van der Waals surface area contributed by atoms with Gasteiger partial charge in [-0.15, -0.1) is 0 Å². The molecule has 3 nitrogen and oxygen atoms in total. The number of nitrogens with zero attached hydrogens (tertiary/aromatic N) is 1. The maximum Gasteiger partial charge on any atom is 0.257 e. The first kappa shape index (κ1) is 13.7. The fourth-order valence-corrected chi connectivity index (χ4v) is 2.46. The molecule has 0 unspecified atom stereocenters. The molecule has 1 aromatic carbocycles. The molecule has 2 aromatic rings. The van der Waals surface area contributed by atoms with E-state index in [9.17, 15) is 4.79 Å². The molecule has 2 rings (SSSR count). The molecule has 1 N–H and O–H groups in total. The van der Waals surface area contributed by atoms with E-state index in [2.05, 4.69) is 38.4 Å². The molecule has 0 atom stereocenters. The minimum absolute atomic E-state index is 0.149. The summed E-state index contributed by atoms with van der Waals surface area (Å²) in [6.45, 7) is 6.04. The summed E-state index contributed by atoms with van der Waals surface area (Å²) in [6, 6.07) is 5.87. The van der Waals surface area contributed by atoms with Gasteiger partial charge in [-0.05, 0) is 53.9 Å². The zero-order valence-corrected chi connectivity index (χ0v) is 12.7. The van der Waals surface area contributed by atoms with Crippen LogP contribution >= 0.6 is 15.9 Å². The molecule has 19 heavy (non-hydrogen) atoms. The molecular weight excluding hydrogens is 304 g/mol. The van der Waals surface area contributed by atoms with Gasteiger partial charge in [0.1, 0.15) is 0 Å². The molecule has 0 aliphatic heterocycles. The number of carbonyl (C=O) groups is 1. The Bertz CT molecular complexity index is 615. The number of nitrogens with one attached hydrogen (secondary N) is 1. The molecule has 0 aliphatic rings. The topological polar surface area (TPSA) is 42.0 Å². The molecule has 0 spiro atoms. The lowest BCUT2D eigenvalue weighted by Gasteiger charge is -2.12. The van der Waals surface area contributed by atoms with Crippen LogP contribution in [0.2, 0.25) is 0 Å². The van der Waals surface area contributed by atoms with Crippen molar-refractivity contribution in [3.8, 4) is 0 Å². The van der Waals surface area contributed by atoms with Crippen molar-refractivity contribution < 1.29 is 4.79 Å². The number of carbonyl (C=O) groups excluding carboxylic acids is 1. The summed E-state index contributed by atoms with van der Waals surface area (Å²) in [5, 5.41) is 2.95. The summed E-state index contributed by atoms with van der Waals surface area (Å²) in [4.78, 5) is 16.2. The molecule has 98 valence electrons. The highest BCUT2D eigenvalue weighted by atomic mass is 79.9. The summed E-state index contributed by atoms with van der Waals surface area (Å²) in [5.41, 5.74) is 4.73. The van der Waals surface area contributed by atoms with Gasteiger partial charge in [-0.1, -0.05) is 17.7 Å². The lowest BCUT2D eigenvalue weighted by molar-refractivity contribution is 0.102. The van der Waals surface area contributed by atoms with Crippen LogP contribution in [0, 0.1) is 20.8 Å². The van der Waals surface area contributed by atoms with Crippen molar-refractivity contribution in [3.05, 3.63) is 57.3 Å². The second-order valence-corrected chi connectivity index (χ2v) is 5.54. The van der Waals surface area contributed by atoms with Gasteiger partial charge in [0.05, 0.1) is 5.56 Å². The van der Waals surface area contributed by atoms with Crippen LogP contribution in [0.15, 0.2) is 35.1 Å². The Balaban J connectivity index is 2.29. The second-order valence-electron chi connectivity index (χ2n) is 4.62. The van der Waals surface area contributed by atoms with Gasteiger partial charge in [0.15, 0.2) is 0 Å². The van der Waals surface area contributed by atoms with Crippen LogP contribution in [0.4, 0.5) is 5.69 Å². The monoisotopic (exact) mass is 318 g/mol. The van der Waals surface area contributed by atoms with Gasteiger partial charge in [-0.2, -0.15) is 0 Å². The van der Waals surface area contributed by atoms with Crippen LogP contribution in [0.1, 0.15) is 27.0 Å². The zero-order valence-electron chi connectivity index (χ0n) is 11.1. The van der Waals surface area contributed by atoms with E-state index < -0.39 is 0 Å². The Morgan fingerprint density at radius 1 is 1.11 bits per heavy atom. The highest BCUT2D eigenvalue weighted by molar-refractivity contribution is 9.10. The minimum atomic E-state index is -0.149. The van der Waals surface area contributed by atoms with E-state index in [0.717, 1.165) is 21.3 Å². The van der Waals surface area contributed by atoms with E-state index in [1.54, 1.807) is 18.5 Å². The smallest absolute Gasteiger partial charge is 0.257 e. The minimum Gasteiger partial charge on any atom is -0.321 e. The van der Waals surface area contributed by atoms with Gasteiger partial charge in [0, 0.05) is 22.6 Å².